The van der Waals surface area contributed by atoms with E-state index in [1.165, 1.54) is 18.2 Å². The van der Waals surface area contributed by atoms with Gasteiger partial charge in [-0.15, -0.1) is 0 Å². The van der Waals surface area contributed by atoms with Crippen LogP contribution in [-0.2, 0) is 9.59 Å². The molecule has 2 aromatic carbocycles. The van der Waals surface area contributed by atoms with Crippen molar-refractivity contribution < 1.29 is 37.0 Å². The highest BCUT2D eigenvalue weighted by Gasteiger charge is 2.39. The Kier molecular flexibility index (Phi) is 7.64. The van der Waals surface area contributed by atoms with Crippen molar-refractivity contribution in [2.24, 2.45) is 0 Å². The SMILES string of the molecule is CC(c1ccccc1)N1C(=O)NC(=O)/C(=C/c2cc([N+](=O)[O-])ccc2N2CC[NH2+]CC2)C1=O.[Cl-]. The minimum atomic E-state index is -0.828. The number of nitrogens with zero attached hydrogens (tertiary/aromatic N) is 3. The molecule has 2 heterocycles. The molecule has 0 bridgehead atoms. The molecule has 1 atom stereocenters. The summed E-state index contributed by atoms with van der Waals surface area (Å²) in [6.07, 6.45) is 1.34. The van der Waals surface area contributed by atoms with E-state index in [2.05, 4.69) is 15.5 Å². The number of carbonyl (C=O) groups is 3. The van der Waals surface area contributed by atoms with Gasteiger partial charge in [-0.1, -0.05) is 30.3 Å². The number of amides is 4. The zero-order chi connectivity index (χ0) is 23.5. The second-order valence-electron chi connectivity index (χ2n) is 7.93. The van der Waals surface area contributed by atoms with E-state index in [1.54, 1.807) is 37.3 Å². The first-order chi connectivity index (χ1) is 15.9. The molecule has 0 aromatic heterocycles. The summed E-state index contributed by atoms with van der Waals surface area (Å²) in [5.74, 6) is -1.57. The summed E-state index contributed by atoms with van der Waals surface area (Å²) >= 11 is 0. The lowest BCUT2D eigenvalue weighted by atomic mass is 10.0. The summed E-state index contributed by atoms with van der Waals surface area (Å²) in [4.78, 5) is 52.4. The third-order valence-corrected chi connectivity index (χ3v) is 5.87. The summed E-state index contributed by atoms with van der Waals surface area (Å²) in [6, 6.07) is 12.0. The summed E-state index contributed by atoms with van der Waals surface area (Å²) in [5.41, 5.74) is 1.41. The monoisotopic (exact) mass is 485 g/mol. The summed E-state index contributed by atoms with van der Waals surface area (Å²) in [6.45, 7) is 4.88. The van der Waals surface area contributed by atoms with Gasteiger partial charge < -0.3 is 22.6 Å². The molecule has 34 heavy (non-hydrogen) atoms. The second kappa shape index (κ2) is 10.4. The summed E-state index contributed by atoms with van der Waals surface area (Å²) < 4.78 is 0. The number of carbonyl (C=O) groups excluding carboxylic acids is 3. The number of anilines is 1. The molecule has 0 spiro atoms. The van der Waals surface area contributed by atoms with Crippen LogP contribution in [0.15, 0.2) is 54.1 Å². The van der Waals surface area contributed by atoms with Crippen LogP contribution in [0.2, 0.25) is 0 Å². The molecule has 178 valence electrons. The Labute approximate surface area is 202 Å². The van der Waals surface area contributed by atoms with Crippen molar-refractivity contribution in [3.63, 3.8) is 0 Å². The Morgan fingerprint density at radius 2 is 1.76 bits per heavy atom. The molecule has 2 aromatic rings. The molecule has 1 unspecified atom stereocenters. The lowest BCUT2D eigenvalue weighted by Crippen LogP contribution is -3.00. The Morgan fingerprint density at radius 1 is 1.09 bits per heavy atom. The maximum Gasteiger partial charge on any atom is 0.331 e. The molecule has 4 amide bonds. The van der Waals surface area contributed by atoms with E-state index >= 15 is 0 Å². The van der Waals surface area contributed by atoms with Crippen LogP contribution < -0.4 is 27.9 Å². The molecule has 2 aliphatic heterocycles. The number of hydrogen-bond donors (Lipinski definition) is 2. The first-order valence-electron chi connectivity index (χ1n) is 10.7. The molecule has 2 aliphatic rings. The highest BCUT2D eigenvalue weighted by molar-refractivity contribution is 6.31. The van der Waals surface area contributed by atoms with Crippen molar-refractivity contribution in [1.29, 1.82) is 0 Å². The number of barbiturate groups is 1. The summed E-state index contributed by atoms with van der Waals surface area (Å²) in [7, 11) is 0. The summed E-state index contributed by atoms with van der Waals surface area (Å²) in [5, 5.41) is 15.8. The first kappa shape index (κ1) is 24.9. The van der Waals surface area contributed by atoms with Gasteiger partial charge in [0.05, 0.1) is 37.1 Å². The van der Waals surface area contributed by atoms with Gasteiger partial charge in [0.25, 0.3) is 17.5 Å². The smallest absolute Gasteiger partial charge is 0.331 e. The number of imide groups is 2. The molecule has 11 heteroatoms. The molecule has 3 N–H and O–H groups in total. The minimum Gasteiger partial charge on any atom is -1.00 e. The van der Waals surface area contributed by atoms with E-state index in [4.69, 9.17) is 0 Å². The third-order valence-electron chi connectivity index (χ3n) is 5.87. The number of urea groups is 1. The number of halogens is 1. The zero-order valence-electron chi connectivity index (χ0n) is 18.4. The van der Waals surface area contributed by atoms with Gasteiger partial charge in [0, 0.05) is 23.4 Å². The molecule has 10 nitrogen and oxygen atoms in total. The minimum absolute atomic E-state index is 0. The van der Waals surface area contributed by atoms with Crippen molar-refractivity contribution in [2.45, 2.75) is 13.0 Å². The Hall–Kier alpha value is -3.76. The van der Waals surface area contributed by atoms with Crippen molar-refractivity contribution in [2.75, 3.05) is 31.1 Å². The standard InChI is InChI=1S/C23H23N5O5.ClH/c1-15(16-5-3-2-4-6-16)27-22(30)19(21(29)25-23(27)31)14-17-13-18(28(32)33)7-8-20(17)26-11-9-24-10-12-26;/h2-8,13-15,24H,9-12H2,1H3,(H,25,29,31);1H/b19-14-;. The van der Waals surface area contributed by atoms with E-state index in [0.717, 1.165) is 36.6 Å². The number of rotatable bonds is 5. The van der Waals surface area contributed by atoms with Crippen LogP contribution in [0.1, 0.15) is 24.1 Å². The maximum absolute atomic E-state index is 13.3. The molecular formula is C23H24ClN5O5. The van der Waals surface area contributed by atoms with Crippen molar-refractivity contribution in [3.05, 3.63) is 75.3 Å². The number of nitrogens with two attached hydrogens (primary N) is 1. The van der Waals surface area contributed by atoms with Crippen molar-refractivity contribution >= 4 is 35.3 Å². The molecule has 0 radical (unpaired) electrons. The lowest BCUT2D eigenvalue weighted by molar-refractivity contribution is -0.655. The highest BCUT2D eigenvalue weighted by Crippen LogP contribution is 2.30. The predicted molar refractivity (Wildman–Crippen MR) is 120 cm³/mol. The van der Waals surface area contributed by atoms with Crippen molar-refractivity contribution in [3.8, 4) is 0 Å². The zero-order valence-corrected chi connectivity index (χ0v) is 19.2. The number of nitro groups is 1. The van der Waals surface area contributed by atoms with Gasteiger partial charge in [-0.05, 0) is 24.6 Å². The highest BCUT2D eigenvalue weighted by atomic mass is 35.5. The van der Waals surface area contributed by atoms with E-state index in [9.17, 15) is 24.5 Å². The van der Waals surface area contributed by atoms with Crippen LogP contribution >= 0.6 is 0 Å². The number of nitrogens with one attached hydrogen (secondary N) is 1. The fourth-order valence-electron chi connectivity index (χ4n) is 4.11. The van der Waals surface area contributed by atoms with Gasteiger partial charge in [0.1, 0.15) is 5.57 Å². The van der Waals surface area contributed by atoms with Crippen molar-refractivity contribution in [1.82, 2.24) is 10.2 Å². The number of nitro benzene ring substituents is 1. The van der Waals surface area contributed by atoms with E-state index in [0.29, 0.717) is 11.3 Å². The predicted octanol–water partition coefficient (Wildman–Crippen LogP) is -1.79. The van der Waals surface area contributed by atoms with E-state index in [1.807, 2.05) is 6.07 Å². The van der Waals surface area contributed by atoms with Crippen LogP contribution in [0.25, 0.3) is 6.08 Å². The van der Waals surface area contributed by atoms with Gasteiger partial charge >= 0.3 is 6.03 Å². The van der Waals surface area contributed by atoms with E-state index in [-0.39, 0.29) is 23.7 Å². The van der Waals surface area contributed by atoms with Gasteiger partial charge in [0.2, 0.25) is 0 Å². The van der Waals surface area contributed by atoms with Gasteiger partial charge in [-0.3, -0.25) is 29.9 Å². The molecular weight excluding hydrogens is 462 g/mol. The van der Waals surface area contributed by atoms with Gasteiger partial charge in [0.15, 0.2) is 0 Å². The Balaban J connectivity index is 0.00000324. The molecule has 0 saturated carbocycles. The number of hydrogen-bond acceptors (Lipinski definition) is 6. The molecule has 0 aliphatic carbocycles. The van der Waals surface area contributed by atoms with Gasteiger partial charge in [-0.25, -0.2) is 4.79 Å². The molecule has 2 fully saturated rings. The van der Waals surface area contributed by atoms with Crippen LogP contribution in [0.3, 0.4) is 0 Å². The third kappa shape index (κ3) is 4.92. The number of benzene rings is 2. The number of piperazine rings is 1. The molecule has 4 rings (SSSR count). The van der Waals surface area contributed by atoms with Crippen LogP contribution in [-0.4, -0.2) is 53.8 Å². The topological polar surface area (TPSA) is 129 Å². The first-order valence-corrected chi connectivity index (χ1v) is 10.7. The van der Waals surface area contributed by atoms with Gasteiger partial charge in [-0.2, -0.15) is 0 Å². The average Bonchev–Trinajstić information content (AvgIpc) is 2.82. The van der Waals surface area contributed by atoms with Crippen LogP contribution in [0, 0.1) is 10.1 Å². The largest absolute Gasteiger partial charge is 1.00 e. The average molecular weight is 486 g/mol. The lowest BCUT2D eigenvalue weighted by Gasteiger charge is -2.32. The van der Waals surface area contributed by atoms with E-state index < -0.39 is 28.8 Å². The Bertz CT molecular complexity index is 1150. The fourth-order valence-corrected chi connectivity index (χ4v) is 4.11. The Morgan fingerprint density at radius 3 is 2.41 bits per heavy atom. The second-order valence-corrected chi connectivity index (χ2v) is 7.93. The van der Waals surface area contributed by atoms with Crippen LogP contribution in [0.5, 0.6) is 0 Å². The molecule has 2 saturated heterocycles. The quantitative estimate of drug-likeness (QED) is 0.223. The normalized spacial score (nSPS) is 18.4. The van der Waals surface area contributed by atoms with Crippen LogP contribution in [0.4, 0.5) is 16.2 Å². The number of quaternary nitrogens is 1. The number of non-ortho nitro benzene ring substituents is 1. The fraction of sp³-hybridized carbons (Fsp3) is 0.261. The maximum atomic E-state index is 13.3.